The number of aliphatic hydroxyl groups is 1. The molecule has 0 bridgehead atoms. The number of carbonyl (C=O) groups excluding carboxylic acids is 1. The smallest absolute Gasteiger partial charge is 0.272 e. The molecule has 0 spiro atoms. The maximum atomic E-state index is 12.1. The molecule has 0 radical (unpaired) electrons. The van der Waals surface area contributed by atoms with Gasteiger partial charge in [0.1, 0.15) is 5.60 Å². The summed E-state index contributed by atoms with van der Waals surface area (Å²) >= 11 is 0. The van der Waals surface area contributed by atoms with E-state index in [1.54, 1.807) is 0 Å². The van der Waals surface area contributed by atoms with Crippen LogP contribution >= 0.6 is 0 Å². The highest BCUT2D eigenvalue weighted by Crippen LogP contribution is 2.18. The average molecular weight is 261 g/mol. The number of hydrogen-bond acceptors (Lipinski definition) is 4. The maximum Gasteiger partial charge on any atom is 0.272 e. The van der Waals surface area contributed by atoms with Crippen molar-refractivity contribution in [2.45, 2.75) is 12.0 Å². The third-order valence-electron chi connectivity index (χ3n) is 3.35. The van der Waals surface area contributed by atoms with Crippen LogP contribution in [0, 0.1) is 0 Å². The van der Waals surface area contributed by atoms with Crippen molar-refractivity contribution < 1.29 is 14.6 Å². The van der Waals surface area contributed by atoms with Gasteiger partial charge in [-0.2, -0.15) is 5.10 Å². The molecule has 2 heterocycles. The van der Waals surface area contributed by atoms with Crippen molar-refractivity contribution in [1.82, 2.24) is 15.5 Å². The third kappa shape index (κ3) is 2.32. The van der Waals surface area contributed by atoms with Crippen molar-refractivity contribution in [1.29, 1.82) is 0 Å². The normalized spacial score (nSPS) is 22.8. The van der Waals surface area contributed by atoms with Crippen LogP contribution < -0.4 is 5.32 Å². The zero-order chi connectivity index (χ0) is 13.3. The number of H-pyrrole nitrogens is 1. The van der Waals surface area contributed by atoms with Crippen LogP contribution in [0.1, 0.15) is 16.9 Å². The molecule has 3 N–H and O–H groups in total. The van der Waals surface area contributed by atoms with Gasteiger partial charge in [-0.3, -0.25) is 9.89 Å². The van der Waals surface area contributed by atoms with Crippen LogP contribution in [-0.4, -0.2) is 46.6 Å². The summed E-state index contributed by atoms with van der Waals surface area (Å²) in [5, 5.41) is 20.4. The van der Waals surface area contributed by atoms with E-state index < -0.39 is 5.60 Å². The van der Waals surface area contributed by atoms with Crippen LogP contribution in [0.4, 0.5) is 0 Å². The van der Waals surface area contributed by atoms with E-state index in [1.165, 1.54) is 0 Å². The Morgan fingerprint density at radius 3 is 3.16 bits per heavy atom. The van der Waals surface area contributed by atoms with E-state index in [1.807, 2.05) is 24.3 Å². The number of aromatic nitrogens is 2. The molecule has 0 saturated carbocycles. The molecule has 1 amide bonds. The molecule has 6 heteroatoms. The van der Waals surface area contributed by atoms with E-state index >= 15 is 0 Å². The number of fused-ring (bicyclic) bond motifs is 1. The average Bonchev–Trinajstić information content (AvgIpc) is 3.03. The third-order valence-corrected chi connectivity index (χ3v) is 3.35. The van der Waals surface area contributed by atoms with Gasteiger partial charge in [-0.25, -0.2) is 0 Å². The molecule has 1 unspecified atom stereocenters. The number of hydrogen-bond donors (Lipinski definition) is 3. The van der Waals surface area contributed by atoms with Gasteiger partial charge in [-0.15, -0.1) is 0 Å². The highest BCUT2D eigenvalue weighted by Gasteiger charge is 2.32. The van der Waals surface area contributed by atoms with Crippen LogP contribution in [0.3, 0.4) is 0 Å². The topological polar surface area (TPSA) is 87.2 Å². The number of nitrogens with zero attached hydrogens (tertiary/aromatic N) is 1. The van der Waals surface area contributed by atoms with Gasteiger partial charge in [0.25, 0.3) is 5.91 Å². The Kier molecular flexibility index (Phi) is 2.96. The molecule has 2 aromatic rings. The summed E-state index contributed by atoms with van der Waals surface area (Å²) in [5.41, 5.74) is 0.204. The first-order valence-electron chi connectivity index (χ1n) is 6.19. The molecule has 1 aliphatic rings. The van der Waals surface area contributed by atoms with Crippen LogP contribution in [0.15, 0.2) is 24.3 Å². The van der Waals surface area contributed by atoms with Gasteiger partial charge in [0, 0.05) is 25.0 Å². The van der Waals surface area contributed by atoms with Gasteiger partial charge >= 0.3 is 0 Å². The Morgan fingerprint density at radius 1 is 1.53 bits per heavy atom. The minimum Gasteiger partial charge on any atom is -0.386 e. The quantitative estimate of drug-likeness (QED) is 0.748. The van der Waals surface area contributed by atoms with Crippen LogP contribution in [0.5, 0.6) is 0 Å². The van der Waals surface area contributed by atoms with E-state index in [-0.39, 0.29) is 19.1 Å². The first kappa shape index (κ1) is 12.1. The fraction of sp³-hybridized carbons (Fsp3) is 0.385. The van der Waals surface area contributed by atoms with Crippen molar-refractivity contribution in [3.8, 4) is 0 Å². The zero-order valence-corrected chi connectivity index (χ0v) is 10.3. The number of carbonyl (C=O) groups is 1. The molecule has 1 atom stereocenters. The molecule has 1 aliphatic heterocycles. The van der Waals surface area contributed by atoms with E-state index in [4.69, 9.17) is 4.74 Å². The molecule has 6 nitrogen and oxygen atoms in total. The number of ether oxygens (including phenoxy) is 1. The largest absolute Gasteiger partial charge is 0.386 e. The number of benzene rings is 1. The standard InChI is InChI=1S/C13H15N3O3/c17-12(14-7-13(18)5-6-19-8-13)11-9-3-1-2-4-10(9)15-16-11/h1-4,18H,5-8H2,(H,14,17)(H,15,16). The Bertz CT molecular complexity index is 602. The highest BCUT2D eigenvalue weighted by atomic mass is 16.5. The van der Waals surface area contributed by atoms with E-state index in [0.717, 1.165) is 10.9 Å². The first-order chi connectivity index (χ1) is 9.18. The van der Waals surface area contributed by atoms with Gasteiger partial charge in [-0.1, -0.05) is 18.2 Å². The second-order valence-electron chi connectivity index (χ2n) is 4.83. The summed E-state index contributed by atoms with van der Waals surface area (Å²) < 4.78 is 5.13. The lowest BCUT2D eigenvalue weighted by Gasteiger charge is -2.20. The Labute approximate surface area is 109 Å². The Hall–Kier alpha value is -1.92. The molecular weight excluding hydrogens is 246 g/mol. The maximum absolute atomic E-state index is 12.1. The Balaban J connectivity index is 1.73. The number of para-hydroxylation sites is 1. The minimum atomic E-state index is -0.957. The monoisotopic (exact) mass is 261 g/mol. The number of rotatable bonds is 3. The summed E-state index contributed by atoms with van der Waals surface area (Å²) in [5.74, 6) is -0.294. The van der Waals surface area contributed by atoms with Gasteiger partial charge < -0.3 is 15.2 Å². The minimum absolute atomic E-state index is 0.174. The van der Waals surface area contributed by atoms with Gasteiger partial charge in [0.05, 0.1) is 12.1 Å². The fourth-order valence-electron chi connectivity index (χ4n) is 2.20. The first-order valence-corrected chi connectivity index (χ1v) is 6.19. The lowest BCUT2D eigenvalue weighted by molar-refractivity contribution is 0.0264. The van der Waals surface area contributed by atoms with Crippen molar-refractivity contribution in [3.63, 3.8) is 0 Å². The summed E-state index contributed by atoms with van der Waals surface area (Å²) in [6.45, 7) is 0.958. The lowest BCUT2D eigenvalue weighted by Crippen LogP contribution is -2.43. The van der Waals surface area contributed by atoms with Gasteiger partial charge in [-0.05, 0) is 6.07 Å². The van der Waals surface area contributed by atoms with Gasteiger partial charge in [0.15, 0.2) is 5.69 Å². The highest BCUT2D eigenvalue weighted by molar-refractivity contribution is 6.04. The molecular formula is C13H15N3O3. The van der Waals surface area contributed by atoms with Crippen molar-refractivity contribution in [3.05, 3.63) is 30.0 Å². The van der Waals surface area contributed by atoms with Crippen LogP contribution in [0.2, 0.25) is 0 Å². The summed E-state index contributed by atoms with van der Waals surface area (Å²) in [4.78, 5) is 12.1. The predicted molar refractivity (Wildman–Crippen MR) is 68.8 cm³/mol. The van der Waals surface area contributed by atoms with Crippen molar-refractivity contribution in [2.24, 2.45) is 0 Å². The summed E-state index contributed by atoms with van der Waals surface area (Å²) in [7, 11) is 0. The molecule has 1 aromatic carbocycles. The molecule has 1 saturated heterocycles. The summed E-state index contributed by atoms with van der Waals surface area (Å²) in [6, 6.07) is 7.42. The second kappa shape index (κ2) is 4.64. The molecule has 100 valence electrons. The number of nitrogens with one attached hydrogen (secondary N) is 2. The fourth-order valence-corrected chi connectivity index (χ4v) is 2.20. The molecule has 19 heavy (non-hydrogen) atoms. The lowest BCUT2D eigenvalue weighted by atomic mass is 10.0. The summed E-state index contributed by atoms with van der Waals surface area (Å²) in [6.07, 6.45) is 0.536. The molecule has 1 aromatic heterocycles. The zero-order valence-electron chi connectivity index (χ0n) is 10.3. The van der Waals surface area contributed by atoms with Crippen LogP contribution in [-0.2, 0) is 4.74 Å². The van der Waals surface area contributed by atoms with Crippen molar-refractivity contribution in [2.75, 3.05) is 19.8 Å². The molecule has 0 aliphatic carbocycles. The molecule has 1 fully saturated rings. The second-order valence-corrected chi connectivity index (χ2v) is 4.83. The van der Waals surface area contributed by atoms with E-state index in [9.17, 15) is 9.90 Å². The van der Waals surface area contributed by atoms with Gasteiger partial charge in [0.2, 0.25) is 0 Å². The van der Waals surface area contributed by atoms with E-state index in [0.29, 0.717) is 18.7 Å². The van der Waals surface area contributed by atoms with Crippen molar-refractivity contribution >= 4 is 16.8 Å². The number of amides is 1. The SMILES string of the molecule is O=C(NCC1(O)CCOC1)c1n[nH]c2ccccc12. The van der Waals surface area contributed by atoms with Crippen LogP contribution in [0.25, 0.3) is 10.9 Å². The number of aromatic amines is 1. The van der Waals surface area contributed by atoms with E-state index in [2.05, 4.69) is 15.5 Å². The predicted octanol–water partition coefficient (Wildman–Crippen LogP) is 0.444. The Morgan fingerprint density at radius 2 is 2.37 bits per heavy atom. The molecule has 3 rings (SSSR count).